The van der Waals surface area contributed by atoms with Crippen molar-refractivity contribution in [2.24, 2.45) is 0 Å². The number of esters is 1. The van der Waals surface area contributed by atoms with Crippen LogP contribution in [-0.2, 0) is 30.2 Å². The van der Waals surface area contributed by atoms with Gasteiger partial charge in [-0.1, -0.05) is 6.42 Å². The lowest BCUT2D eigenvalue weighted by atomic mass is 9.76. The van der Waals surface area contributed by atoms with Crippen molar-refractivity contribution in [2.45, 2.75) is 94.9 Å². The highest BCUT2D eigenvalue weighted by Crippen LogP contribution is 2.51. The Morgan fingerprint density at radius 1 is 0.940 bits per heavy atom. The lowest BCUT2D eigenvalue weighted by Crippen LogP contribution is -2.56. The second-order valence-electron chi connectivity index (χ2n) is 12.5. The molecule has 3 aliphatic rings. The molecule has 2 aliphatic carbocycles. The summed E-state index contributed by atoms with van der Waals surface area (Å²) in [4.78, 5) is 63.8. The monoisotopic (exact) mass is 704 g/mol. The Morgan fingerprint density at radius 3 is 2.30 bits per heavy atom. The van der Waals surface area contributed by atoms with Crippen molar-refractivity contribution in [1.29, 1.82) is 0 Å². The maximum absolute atomic E-state index is 15.0. The van der Waals surface area contributed by atoms with Crippen molar-refractivity contribution < 1.29 is 77.9 Å². The van der Waals surface area contributed by atoms with Gasteiger partial charge in [0.05, 0.1) is 47.7 Å². The van der Waals surface area contributed by atoms with E-state index in [0.717, 1.165) is 13.2 Å². The van der Waals surface area contributed by atoms with Gasteiger partial charge in [-0.3, -0.25) is 24.0 Å². The van der Waals surface area contributed by atoms with E-state index in [-0.39, 0.29) is 53.7 Å². The van der Waals surface area contributed by atoms with Gasteiger partial charge in [0.15, 0.2) is 24.9 Å². The number of ether oxygens (including phenoxy) is 4. The van der Waals surface area contributed by atoms with Crippen LogP contribution in [0.4, 0.5) is 4.39 Å². The smallest absolute Gasteiger partial charge is 0.306 e. The highest BCUT2D eigenvalue weighted by molar-refractivity contribution is 6.32. The number of halogens is 1. The lowest BCUT2D eigenvalue weighted by Gasteiger charge is -2.41. The van der Waals surface area contributed by atoms with Gasteiger partial charge in [-0.15, -0.1) is 0 Å². The van der Waals surface area contributed by atoms with E-state index < -0.39 is 107 Å². The molecule has 0 saturated carbocycles. The number of aliphatic hydroxyl groups is 3. The second kappa shape index (κ2) is 14.8. The number of phenolic OH excluding ortho intramolecular Hbond substituents is 2. The van der Waals surface area contributed by atoms with Gasteiger partial charge in [0.25, 0.3) is 0 Å². The number of ketones is 3. The first kappa shape index (κ1) is 36.8. The van der Waals surface area contributed by atoms with Crippen molar-refractivity contribution in [2.75, 3.05) is 13.7 Å². The summed E-state index contributed by atoms with van der Waals surface area (Å²) < 4.78 is 36.6. The van der Waals surface area contributed by atoms with Crippen LogP contribution in [0.25, 0.3) is 0 Å². The van der Waals surface area contributed by atoms with Gasteiger partial charge < -0.3 is 49.6 Å². The fourth-order valence-electron chi connectivity index (χ4n) is 6.57. The molecule has 0 bridgehead atoms. The lowest BCUT2D eigenvalue weighted by molar-refractivity contribution is -0.293. The minimum atomic E-state index is -2.25. The number of aliphatic hydroxyl groups excluding tert-OH is 3. The first-order chi connectivity index (χ1) is 23.7. The van der Waals surface area contributed by atoms with E-state index in [1.54, 1.807) is 0 Å². The van der Waals surface area contributed by atoms with E-state index in [1.807, 2.05) is 0 Å². The molecule has 5 rings (SSSR count). The molecule has 0 aromatic heterocycles. The molecule has 15 nitrogen and oxygen atoms in total. The number of carbonyl (C=O) groups is 5. The SMILES string of the molecule is COc1c(C(=O)COC(=O)CCCCCC(=O)O)ccc2c1C(=O)c1c(O)c3c(c(O)c1C2=O)CC(O)CC3O[C@@H]1O[C@@H](C)[C@@H](O)[C@@H](O)[C@H]1F. The van der Waals surface area contributed by atoms with Gasteiger partial charge in [-0.25, -0.2) is 4.39 Å². The molecule has 1 fully saturated rings. The Hall–Kier alpha value is -4.48. The molecule has 2 unspecified atom stereocenters. The Morgan fingerprint density at radius 2 is 1.62 bits per heavy atom. The predicted octanol–water partition coefficient (Wildman–Crippen LogP) is 1.81. The molecular formula is C34H37FO15. The number of carboxylic acid groups (broad SMARTS) is 1. The number of carboxylic acids is 1. The van der Waals surface area contributed by atoms with Crippen LogP contribution < -0.4 is 4.74 Å². The predicted molar refractivity (Wildman–Crippen MR) is 165 cm³/mol. The van der Waals surface area contributed by atoms with E-state index in [4.69, 9.17) is 24.1 Å². The van der Waals surface area contributed by atoms with Crippen LogP contribution in [0.15, 0.2) is 12.1 Å². The molecule has 7 atom stereocenters. The van der Waals surface area contributed by atoms with Crippen molar-refractivity contribution >= 4 is 29.3 Å². The molecule has 1 heterocycles. The zero-order chi connectivity index (χ0) is 36.6. The fourth-order valence-corrected chi connectivity index (χ4v) is 6.57. The largest absolute Gasteiger partial charge is 0.507 e. The Kier molecular flexibility index (Phi) is 10.9. The van der Waals surface area contributed by atoms with E-state index >= 15 is 0 Å². The number of fused-ring (bicyclic) bond motifs is 3. The minimum Gasteiger partial charge on any atom is -0.507 e. The summed E-state index contributed by atoms with van der Waals surface area (Å²) in [5.74, 6) is -6.30. The molecule has 6 N–H and O–H groups in total. The van der Waals surface area contributed by atoms with Crippen molar-refractivity contribution in [3.05, 3.63) is 51.1 Å². The van der Waals surface area contributed by atoms with Gasteiger partial charge in [0, 0.05) is 42.4 Å². The topological polar surface area (TPSA) is 244 Å². The number of methoxy groups -OCH3 is 1. The van der Waals surface area contributed by atoms with Crippen molar-refractivity contribution in [1.82, 2.24) is 0 Å². The maximum Gasteiger partial charge on any atom is 0.306 e. The quantitative estimate of drug-likeness (QED) is 0.0682. The number of aromatic hydroxyl groups is 2. The number of phenols is 2. The molecule has 0 spiro atoms. The summed E-state index contributed by atoms with van der Waals surface area (Å²) in [7, 11) is 1.13. The number of aliphatic carboxylic acids is 1. The molecule has 1 saturated heterocycles. The van der Waals surface area contributed by atoms with Crippen LogP contribution in [0.5, 0.6) is 17.2 Å². The molecule has 2 aromatic carbocycles. The molecule has 270 valence electrons. The van der Waals surface area contributed by atoms with Crippen LogP contribution in [0, 0.1) is 0 Å². The van der Waals surface area contributed by atoms with E-state index in [1.165, 1.54) is 13.0 Å². The number of carbonyl (C=O) groups excluding carboxylic acids is 4. The number of Topliss-reactive ketones (excluding diaryl/α,β-unsaturated/α-hetero) is 1. The molecular weight excluding hydrogens is 667 g/mol. The summed E-state index contributed by atoms with van der Waals surface area (Å²) >= 11 is 0. The number of rotatable bonds is 12. The Labute approximate surface area is 284 Å². The van der Waals surface area contributed by atoms with Crippen LogP contribution in [0.2, 0.25) is 0 Å². The van der Waals surface area contributed by atoms with Gasteiger partial charge in [-0.05, 0) is 31.9 Å². The van der Waals surface area contributed by atoms with Crippen LogP contribution in [-0.4, -0.2) is 111 Å². The number of hydrogen-bond acceptors (Lipinski definition) is 14. The third-order valence-corrected chi connectivity index (χ3v) is 9.13. The van der Waals surface area contributed by atoms with Crippen LogP contribution in [0.3, 0.4) is 0 Å². The number of benzene rings is 2. The summed E-state index contributed by atoms with van der Waals surface area (Å²) in [6.07, 6.45) is -10.7. The van der Waals surface area contributed by atoms with Crippen molar-refractivity contribution in [3.63, 3.8) is 0 Å². The Balaban J connectivity index is 1.45. The molecule has 16 heteroatoms. The zero-order valence-electron chi connectivity index (χ0n) is 27.1. The minimum absolute atomic E-state index is 0.0419. The third kappa shape index (κ3) is 6.81. The number of unbranched alkanes of at least 4 members (excludes halogenated alkanes) is 2. The average Bonchev–Trinajstić information content (AvgIpc) is 3.07. The highest BCUT2D eigenvalue weighted by atomic mass is 19.1. The van der Waals surface area contributed by atoms with Crippen LogP contribution >= 0.6 is 0 Å². The first-order valence-corrected chi connectivity index (χ1v) is 16.0. The standard InChI is InChI=1S/C34H37FO15/c1-13-27(41)32(46)26(35)34(49-13)50-19-11-14(36)10-17-22(19)30(44)25-24(29(17)43)28(42)16-9-8-15(33(47-2)23(16)31(25)45)18(37)12-48-21(40)7-5-3-4-6-20(38)39/h8-9,13-14,19,26-27,32,34,36,41,43-44,46H,3-7,10-12H2,1-2H3,(H,38,39)/t13-,14?,19?,26+,27+,32-,34-/m0/s1. The molecule has 2 aromatic rings. The first-order valence-electron chi connectivity index (χ1n) is 16.0. The average molecular weight is 705 g/mol. The maximum atomic E-state index is 15.0. The van der Waals surface area contributed by atoms with E-state index in [2.05, 4.69) is 0 Å². The fraction of sp³-hybridized carbons (Fsp3) is 0.500. The van der Waals surface area contributed by atoms with Crippen molar-refractivity contribution in [3.8, 4) is 17.2 Å². The summed E-state index contributed by atoms with van der Waals surface area (Å²) in [5, 5.41) is 62.4. The second-order valence-corrected chi connectivity index (χ2v) is 12.5. The van der Waals surface area contributed by atoms with Gasteiger partial charge in [0.1, 0.15) is 29.5 Å². The van der Waals surface area contributed by atoms with Gasteiger partial charge >= 0.3 is 11.9 Å². The summed E-state index contributed by atoms with van der Waals surface area (Å²) in [5.41, 5.74) is -2.53. The summed E-state index contributed by atoms with van der Waals surface area (Å²) in [6, 6.07) is 2.33. The Bertz CT molecular complexity index is 1720. The van der Waals surface area contributed by atoms with E-state index in [9.17, 15) is 53.9 Å². The van der Waals surface area contributed by atoms with Gasteiger partial charge in [0.2, 0.25) is 11.6 Å². The van der Waals surface area contributed by atoms with Crippen LogP contribution in [0.1, 0.15) is 105 Å². The summed E-state index contributed by atoms with van der Waals surface area (Å²) in [6.45, 7) is 0.622. The molecule has 0 radical (unpaired) electrons. The normalized spacial score (nSPS) is 25.7. The third-order valence-electron chi connectivity index (χ3n) is 9.13. The highest BCUT2D eigenvalue weighted by Gasteiger charge is 2.48. The van der Waals surface area contributed by atoms with Gasteiger partial charge in [-0.2, -0.15) is 0 Å². The number of hydrogen-bond donors (Lipinski definition) is 6. The number of alkyl halides is 1. The molecule has 50 heavy (non-hydrogen) atoms. The zero-order valence-corrected chi connectivity index (χ0v) is 27.1. The molecule has 0 amide bonds. The van der Waals surface area contributed by atoms with E-state index in [0.29, 0.717) is 19.3 Å². The molecule has 1 aliphatic heterocycles.